The van der Waals surface area contributed by atoms with E-state index < -0.39 is 6.16 Å². The Morgan fingerprint density at radius 2 is 2.04 bits per heavy atom. The number of aromatic nitrogens is 2. The van der Waals surface area contributed by atoms with Gasteiger partial charge in [0.2, 0.25) is 0 Å². The number of thiophene rings is 1. The fourth-order valence-corrected chi connectivity index (χ4v) is 3.21. The highest BCUT2D eigenvalue weighted by Gasteiger charge is 2.11. The third-order valence-corrected chi connectivity index (χ3v) is 4.59. The van der Waals surface area contributed by atoms with Gasteiger partial charge in [-0.3, -0.25) is 4.79 Å². The number of ether oxygens (including phenoxy) is 2. The van der Waals surface area contributed by atoms with Crippen molar-refractivity contribution in [1.29, 1.82) is 0 Å². The summed E-state index contributed by atoms with van der Waals surface area (Å²) in [6.07, 6.45) is 1.54. The van der Waals surface area contributed by atoms with Gasteiger partial charge in [-0.15, -0.1) is 11.3 Å². The number of benzene rings is 1. The monoisotopic (exact) mass is 385 g/mol. The lowest BCUT2D eigenvalue weighted by Gasteiger charge is -2.07. The maximum absolute atomic E-state index is 12.3. The van der Waals surface area contributed by atoms with Crippen LogP contribution in [0.15, 0.2) is 48.1 Å². The van der Waals surface area contributed by atoms with Gasteiger partial charge in [-0.25, -0.2) is 9.78 Å². The average molecular weight is 385 g/mol. The van der Waals surface area contributed by atoms with Gasteiger partial charge in [0.1, 0.15) is 11.4 Å². The van der Waals surface area contributed by atoms with Crippen molar-refractivity contribution in [3.63, 3.8) is 0 Å². The summed E-state index contributed by atoms with van der Waals surface area (Å²) < 4.78 is 9.67. The molecule has 1 amide bonds. The first-order valence-corrected chi connectivity index (χ1v) is 9.34. The van der Waals surface area contributed by atoms with Crippen LogP contribution in [0, 0.1) is 0 Å². The molecule has 0 radical (unpaired) electrons. The van der Waals surface area contributed by atoms with Gasteiger partial charge in [0, 0.05) is 24.2 Å². The van der Waals surface area contributed by atoms with Crippen LogP contribution < -0.4 is 10.1 Å². The van der Waals surface area contributed by atoms with Gasteiger partial charge in [-0.05, 0) is 42.6 Å². The Labute approximate surface area is 160 Å². The summed E-state index contributed by atoms with van der Waals surface area (Å²) in [5.74, 6) is 0.123. The second kappa shape index (κ2) is 9.00. The van der Waals surface area contributed by atoms with Crippen molar-refractivity contribution in [2.75, 3.05) is 13.2 Å². The molecule has 2 aromatic heterocycles. The summed E-state index contributed by atoms with van der Waals surface area (Å²) in [6.45, 7) is 2.41. The Hall–Kier alpha value is -3.13. The van der Waals surface area contributed by atoms with Crippen LogP contribution in [0.3, 0.4) is 0 Å². The van der Waals surface area contributed by atoms with Crippen LogP contribution in [0.4, 0.5) is 4.79 Å². The van der Waals surface area contributed by atoms with E-state index in [0.29, 0.717) is 24.3 Å². The summed E-state index contributed by atoms with van der Waals surface area (Å²) in [7, 11) is 0. The lowest BCUT2D eigenvalue weighted by molar-refractivity contribution is 0.0954. The smallest absolute Gasteiger partial charge is 0.434 e. The van der Waals surface area contributed by atoms with E-state index in [4.69, 9.17) is 9.47 Å². The molecule has 0 unspecified atom stereocenters. The van der Waals surface area contributed by atoms with Gasteiger partial charge in [0.25, 0.3) is 5.91 Å². The number of carbonyl (C=O) groups is 2. The molecular weight excluding hydrogens is 366 g/mol. The molecular formula is C19H19N3O4S. The number of rotatable bonds is 7. The van der Waals surface area contributed by atoms with Crippen LogP contribution in [-0.2, 0) is 11.2 Å². The number of hydrogen-bond acceptors (Lipinski definition) is 6. The molecule has 0 bridgehead atoms. The molecule has 0 atom stereocenters. The molecule has 0 spiro atoms. The van der Waals surface area contributed by atoms with Gasteiger partial charge in [-0.2, -0.15) is 0 Å². The Morgan fingerprint density at radius 3 is 2.74 bits per heavy atom. The number of nitrogens with zero attached hydrogens (tertiary/aromatic N) is 1. The fourth-order valence-electron chi connectivity index (χ4n) is 2.46. The van der Waals surface area contributed by atoms with E-state index >= 15 is 0 Å². The van der Waals surface area contributed by atoms with Crippen LogP contribution in [-0.4, -0.2) is 35.2 Å². The molecule has 0 saturated carbocycles. The molecule has 0 saturated heterocycles. The van der Waals surface area contributed by atoms with Crippen LogP contribution in [0.1, 0.15) is 23.0 Å². The van der Waals surface area contributed by atoms with Gasteiger partial charge in [0.15, 0.2) is 0 Å². The maximum Gasteiger partial charge on any atom is 0.513 e. The van der Waals surface area contributed by atoms with Crippen LogP contribution in [0.25, 0.3) is 10.6 Å². The van der Waals surface area contributed by atoms with Gasteiger partial charge >= 0.3 is 6.16 Å². The molecule has 27 heavy (non-hydrogen) atoms. The summed E-state index contributed by atoms with van der Waals surface area (Å²) in [5, 5.41) is 4.88. The lowest BCUT2D eigenvalue weighted by atomic mass is 10.2. The minimum Gasteiger partial charge on any atom is -0.434 e. The highest BCUT2D eigenvalue weighted by molar-refractivity contribution is 7.13. The van der Waals surface area contributed by atoms with E-state index in [2.05, 4.69) is 15.3 Å². The van der Waals surface area contributed by atoms with Crippen molar-refractivity contribution in [2.24, 2.45) is 0 Å². The van der Waals surface area contributed by atoms with Crippen molar-refractivity contribution in [1.82, 2.24) is 15.3 Å². The van der Waals surface area contributed by atoms with Crippen molar-refractivity contribution < 1.29 is 19.1 Å². The van der Waals surface area contributed by atoms with Crippen LogP contribution >= 0.6 is 11.3 Å². The number of aromatic amines is 1. The number of H-pyrrole nitrogens is 1. The van der Waals surface area contributed by atoms with E-state index in [0.717, 1.165) is 16.3 Å². The van der Waals surface area contributed by atoms with E-state index in [1.807, 2.05) is 17.5 Å². The first-order chi connectivity index (χ1) is 13.2. The quantitative estimate of drug-likeness (QED) is 0.478. The standard InChI is InChI=1S/C19H19N3O4S/c1-2-25-19(24)26-14-7-5-13(6-8-14)18(23)20-10-9-15-17(22-12-21-15)16-4-3-11-27-16/h3-8,11-12H,2,9-10H2,1H3,(H,20,23)(H,21,22). The predicted octanol–water partition coefficient (Wildman–Crippen LogP) is 3.65. The molecule has 2 N–H and O–H groups in total. The SMILES string of the molecule is CCOC(=O)Oc1ccc(C(=O)NCCc2[nH]cnc2-c2cccs2)cc1. The largest absolute Gasteiger partial charge is 0.513 e. The second-order valence-electron chi connectivity index (χ2n) is 5.52. The highest BCUT2D eigenvalue weighted by Crippen LogP contribution is 2.25. The minimum atomic E-state index is -0.768. The van der Waals surface area contributed by atoms with Gasteiger partial charge in [0.05, 0.1) is 17.8 Å². The van der Waals surface area contributed by atoms with E-state index in [9.17, 15) is 9.59 Å². The number of amides is 1. The zero-order chi connectivity index (χ0) is 19.1. The zero-order valence-electron chi connectivity index (χ0n) is 14.7. The minimum absolute atomic E-state index is 0.199. The molecule has 7 nitrogen and oxygen atoms in total. The molecule has 3 aromatic rings. The van der Waals surface area contributed by atoms with E-state index in [1.54, 1.807) is 48.9 Å². The predicted molar refractivity (Wildman–Crippen MR) is 102 cm³/mol. The van der Waals surface area contributed by atoms with Gasteiger partial charge < -0.3 is 19.8 Å². The molecule has 1 aromatic carbocycles. The molecule has 0 fully saturated rings. The van der Waals surface area contributed by atoms with E-state index in [-0.39, 0.29) is 12.5 Å². The third kappa shape index (κ3) is 4.95. The third-order valence-electron chi connectivity index (χ3n) is 3.71. The normalized spacial score (nSPS) is 10.4. The molecule has 3 rings (SSSR count). The van der Waals surface area contributed by atoms with Crippen molar-refractivity contribution in [3.05, 3.63) is 59.4 Å². The van der Waals surface area contributed by atoms with Gasteiger partial charge in [-0.1, -0.05) is 6.07 Å². The Balaban J connectivity index is 1.51. The molecule has 8 heteroatoms. The summed E-state index contributed by atoms with van der Waals surface area (Å²) in [5.41, 5.74) is 2.38. The van der Waals surface area contributed by atoms with E-state index in [1.165, 1.54) is 0 Å². The number of nitrogens with one attached hydrogen (secondary N) is 2. The Kier molecular flexibility index (Phi) is 6.22. The van der Waals surface area contributed by atoms with Crippen LogP contribution in [0.5, 0.6) is 5.75 Å². The first kappa shape index (κ1) is 18.7. The first-order valence-electron chi connectivity index (χ1n) is 8.46. The number of hydrogen-bond donors (Lipinski definition) is 2. The highest BCUT2D eigenvalue weighted by atomic mass is 32.1. The Bertz CT molecular complexity index is 888. The average Bonchev–Trinajstić information content (AvgIpc) is 3.33. The van der Waals surface area contributed by atoms with Crippen molar-refractivity contribution in [3.8, 4) is 16.3 Å². The fraction of sp³-hybridized carbons (Fsp3) is 0.211. The van der Waals surface area contributed by atoms with Crippen LogP contribution in [0.2, 0.25) is 0 Å². The number of carbonyl (C=O) groups excluding carboxylic acids is 2. The molecule has 0 aliphatic rings. The zero-order valence-corrected chi connectivity index (χ0v) is 15.5. The topological polar surface area (TPSA) is 93.3 Å². The summed E-state index contributed by atoms with van der Waals surface area (Å²) >= 11 is 1.63. The molecule has 140 valence electrons. The molecule has 0 aliphatic carbocycles. The molecule has 0 aliphatic heterocycles. The second-order valence-corrected chi connectivity index (χ2v) is 6.47. The summed E-state index contributed by atoms with van der Waals surface area (Å²) in [4.78, 5) is 32.1. The lowest BCUT2D eigenvalue weighted by Crippen LogP contribution is -2.25. The van der Waals surface area contributed by atoms with Crippen molar-refractivity contribution >= 4 is 23.4 Å². The Morgan fingerprint density at radius 1 is 1.22 bits per heavy atom. The van der Waals surface area contributed by atoms with Crippen molar-refractivity contribution in [2.45, 2.75) is 13.3 Å². The summed E-state index contributed by atoms with van der Waals surface area (Å²) in [6, 6.07) is 10.3. The maximum atomic E-state index is 12.3. The molecule has 2 heterocycles. The number of imidazole rings is 1.